The SMILES string of the molecule is C[C@H]1CC(=O)CC[C@H]1O[Si](C)(C)C(C)(C)C. The summed E-state index contributed by atoms with van der Waals surface area (Å²) < 4.78 is 6.39. The molecule has 94 valence electrons. The van der Waals surface area contributed by atoms with Gasteiger partial charge in [0.15, 0.2) is 8.32 Å². The zero-order valence-electron chi connectivity index (χ0n) is 11.6. The van der Waals surface area contributed by atoms with Crippen LogP contribution >= 0.6 is 0 Å². The number of hydrogen-bond acceptors (Lipinski definition) is 2. The molecule has 0 N–H and O–H groups in total. The number of Topliss-reactive ketones (excluding diaryl/α,β-unsaturated/α-hetero) is 1. The summed E-state index contributed by atoms with van der Waals surface area (Å²) in [7, 11) is -1.67. The summed E-state index contributed by atoms with van der Waals surface area (Å²) in [5, 5.41) is 0.258. The molecule has 0 saturated heterocycles. The Labute approximate surface area is 101 Å². The van der Waals surface area contributed by atoms with Gasteiger partial charge in [0.05, 0.1) is 0 Å². The van der Waals surface area contributed by atoms with Gasteiger partial charge in [0.25, 0.3) is 0 Å². The van der Waals surface area contributed by atoms with Crippen molar-refractivity contribution in [1.29, 1.82) is 0 Å². The Morgan fingerprint density at radius 2 is 1.88 bits per heavy atom. The van der Waals surface area contributed by atoms with Crippen molar-refractivity contribution < 1.29 is 9.22 Å². The fraction of sp³-hybridized carbons (Fsp3) is 0.923. The van der Waals surface area contributed by atoms with Crippen LogP contribution in [0.25, 0.3) is 0 Å². The summed E-state index contributed by atoms with van der Waals surface area (Å²) in [4.78, 5) is 11.3. The molecule has 16 heavy (non-hydrogen) atoms. The summed E-state index contributed by atoms with van der Waals surface area (Å²) in [6.07, 6.45) is 2.65. The number of carbonyl (C=O) groups excluding carboxylic acids is 1. The number of ketones is 1. The number of hydrogen-bond donors (Lipinski definition) is 0. The zero-order valence-corrected chi connectivity index (χ0v) is 12.6. The molecule has 3 heteroatoms. The zero-order chi connectivity index (χ0) is 12.6. The molecule has 0 bridgehead atoms. The normalized spacial score (nSPS) is 28.2. The monoisotopic (exact) mass is 242 g/mol. The maximum atomic E-state index is 11.3. The van der Waals surface area contributed by atoms with Gasteiger partial charge in [-0.05, 0) is 30.5 Å². The molecule has 0 aromatic heterocycles. The molecule has 2 atom stereocenters. The number of rotatable bonds is 2. The molecule has 0 amide bonds. The molecule has 0 spiro atoms. The third-order valence-corrected chi connectivity index (χ3v) is 8.65. The Hall–Kier alpha value is -0.153. The van der Waals surface area contributed by atoms with Gasteiger partial charge in [0.1, 0.15) is 5.78 Å². The first-order chi connectivity index (χ1) is 7.13. The Kier molecular flexibility index (Phi) is 4.01. The van der Waals surface area contributed by atoms with E-state index in [1.807, 2.05) is 0 Å². The van der Waals surface area contributed by atoms with Gasteiger partial charge in [-0.2, -0.15) is 0 Å². The van der Waals surface area contributed by atoms with Crippen LogP contribution in [0.4, 0.5) is 0 Å². The van der Waals surface area contributed by atoms with E-state index in [4.69, 9.17) is 4.43 Å². The van der Waals surface area contributed by atoms with Crippen molar-refractivity contribution in [2.75, 3.05) is 0 Å². The van der Waals surface area contributed by atoms with Gasteiger partial charge in [-0.1, -0.05) is 27.7 Å². The lowest BCUT2D eigenvalue weighted by molar-refractivity contribution is -0.123. The van der Waals surface area contributed by atoms with Gasteiger partial charge < -0.3 is 4.43 Å². The molecular weight excluding hydrogens is 216 g/mol. The second-order valence-electron chi connectivity index (χ2n) is 6.68. The Morgan fingerprint density at radius 3 is 2.31 bits per heavy atom. The van der Waals surface area contributed by atoms with Crippen molar-refractivity contribution in [2.45, 2.75) is 71.2 Å². The molecule has 1 aliphatic rings. The van der Waals surface area contributed by atoms with Gasteiger partial charge in [-0.15, -0.1) is 0 Å². The Balaban J connectivity index is 2.64. The Morgan fingerprint density at radius 1 is 1.31 bits per heavy atom. The van der Waals surface area contributed by atoms with E-state index in [-0.39, 0.29) is 5.04 Å². The highest BCUT2D eigenvalue weighted by molar-refractivity contribution is 6.74. The quantitative estimate of drug-likeness (QED) is 0.689. The fourth-order valence-corrected chi connectivity index (χ4v) is 3.37. The molecule has 1 rings (SSSR count). The van der Waals surface area contributed by atoms with Crippen molar-refractivity contribution in [3.05, 3.63) is 0 Å². The van der Waals surface area contributed by atoms with Gasteiger partial charge in [-0.25, -0.2) is 0 Å². The van der Waals surface area contributed by atoms with Crippen LogP contribution < -0.4 is 0 Å². The molecule has 0 unspecified atom stereocenters. The first-order valence-corrected chi connectivity index (χ1v) is 9.24. The average molecular weight is 242 g/mol. The minimum Gasteiger partial charge on any atom is -0.414 e. The van der Waals surface area contributed by atoms with Crippen LogP contribution in [0, 0.1) is 5.92 Å². The molecule has 0 aromatic carbocycles. The van der Waals surface area contributed by atoms with E-state index >= 15 is 0 Å². The van der Waals surface area contributed by atoms with Crippen molar-refractivity contribution in [3.63, 3.8) is 0 Å². The highest BCUT2D eigenvalue weighted by Gasteiger charge is 2.41. The molecule has 2 nitrogen and oxygen atoms in total. The van der Waals surface area contributed by atoms with Crippen LogP contribution in [0.2, 0.25) is 18.1 Å². The van der Waals surface area contributed by atoms with Crippen LogP contribution in [0.1, 0.15) is 47.0 Å². The van der Waals surface area contributed by atoms with E-state index in [1.54, 1.807) is 0 Å². The van der Waals surface area contributed by atoms with E-state index in [2.05, 4.69) is 40.8 Å². The average Bonchev–Trinajstić information content (AvgIpc) is 2.08. The van der Waals surface area contributed by atoms with Crippen LogP contribution in [-0.2, 0) is 9.22 Å². The summed E-state index contributed by atoms with van der Waals surface area (Å²) in [6.45, 7) is 13.5. The second-order valence-corrected chi connectivity index (χ2v) is 11.4. The lowest BCUT2D eigenvalue weighted by Crippen LogP contribution is -2.46. The summed E-state index contributed by atoms with van der Waals surface area (Å²) >= 11 is 0. The lowest BCUT2D eigenvalue weighted by atomic mass is 9.87. The molecule has 0 aliphatic heterocycles. The summed E-state index contributed by atoms with van der Waals surface area (Å²) in [5.74, 6) is 0.804. The molecule has 0 heterocycles. The molecule has 0 aromatic rings. The smallest absolute Gasteiger partial charge is 0.192 e. The second kappa shape index (κ2) is 4.61. The minimum absolute atomic E-state index is 0.258. The van der Waals surface area contributed by atoms with E-state index in [0.29, 0.717) is 30.6 Å². The summed E-state index contributed by atoms with van der Waals surface area (Å²) in [5.41, 5.74) is 0. The third-order valence-electron chi connectivity index (χ3n) is 4.14. The maximum Gasteiger partial charge on any atom is 0.192 e. The van der Waals surface area contributed by atoms with Crippen LogP contribution in [0.3, 0.4) is 0 Å². The van der Waals surface area contributed by atoms with Crippen molar-refractivity contribution in [1.82, 2.24) is 0 Å². The van der Waals surface area contributed by atoms with Crippen molar-refractivity contribution in [2.24, 2.45) is 5.92 Å². The highest BCUT2D eigenvalue weighted by Crippen LogP contribution is 2.39. The largest absolute Gasteiger partial charge is 0.414 e. The summed E-state index contributed by atoms with van der Waals surface area (Å²) in [6, 6.07) is 0. The van der Waals surface area contributed by atoms with Crippen LogP contribution in [-0.4, -0.2) is 20.2 Å². The van der Waals surface area contributed by atoms with E-state index < -0.39 is 8.32 Å². The van der Waals surface area contributed by atoms with Gasteiger partial charge in [0, 0.05) is 18.9 Å². The van der Waals surface area contributed by atoms with Crippen molar-refractivity contribution in [3.8, 4) is 0 Å². The van der Waals surface area contributed by atoms with Gasteiger partial charge >= 0.3 is 0 Å². The van der Waals surface area contributed by atoms with Crippen LogP contribution in [0.5, 0.6) is 0 Å². The first-order valence-electron chi connectivity index (χ1n) is 6.33. The predicted octanol–water partition coefficient (Wildman–Crippen LogP) is 3.77. The Bertz CT molecular complexity index is 266. The maximum absolute atomic E-state index is 11.3. The molecular formula is C13H26O2Si. The van der Waals surface area contributed by atoms with Crippen molar-refractivity contribution >= 4 is 14.1 Å². The fourth-order valence-electron chi connectivity index (χ4n) is 1.91. The molecule has 1 fully saturated rings. The number of carbonyl (C=O) groups is 1. The van der Waals surface area contributed by atoms with Gasteiger partial charge in [-0.3, -0.25) is 4.79 Å². The van der Waals surface area contributed by atoms with Crippen LogP contribution in [0.15, 0.2) is 0 Å². The van der Waals surface area contributed by atoms with E-state index in [1.165, 1.54) is 0 Å². The third kappa shape index (κ3) is 3.17. The molecule has 1 aliphatic carbocycles. The predicted molar refractivity (Wildman–Crippen MR) is 70.1 cm³/mol. The van der Waals surface area contributed by atoms with E-state index in [9.17, 15) is 4.79 Å². The standard InChI is InChI=1S/C13H26O2Si/c1-10-9-11(14)7-8-12(10)15-16(5,6)13(2,3)4/h10,12H,7-9H2,1-6H3/t10-,12+/m0/s1. The van der Waals surface area contributed by atoms with Gasteiger partial charge in [0.2, 0.25) is 0 Å². The molecule has 1 saturated carbocycles. The molecule has 0 radical (unpaired) electrons. The van der Waals surface area contributed by atoms with E-state index in [0.717, 1.165) is 6.42 Å². The minimum atomic E-state index is -1.67. The highest BCUT2D eigenvalue weighted by atomic mass is 28.4. The lowest BCUT2D eigenvalue weighted by Gasteiger charge is -2.42. The topological polar surface area (TPSA) is 26.3 Å². The first kappa shape index (κ1) is 13.9.